The number of rotatable bonds is 4. The van der Waals surface area contributed by atoms with Crippen molar-refractivity contribution in [3.05, 3.63) is 34.1 Å². The number of carbonyl (C=O) groups excluding carboxylic acids is 1. The van der Waals surface area contributed by atoms with E-state index in [4.69, 9.17) is 0 Å². The first-order chi connectivity index (χ1) is 8.58. The van der Waals surface area contributed by atoms with Gasteiger partial charge in [-0.2, -0.15) is 0 Å². The van der Waals surface area contributed by atoms with E-state index in [1.165, 1.54) is 12.1 Å². The van der Waals surface area contributed by atoms with Crippen LogP contribution < -0.4 is 10.6 Å². The normalized spacial score (nSPS) is 17.1. The molecular weight excluding hydrogens is 299 g/mol. The SMILES string of the molecule is CC(C(=O)NCc1ccc(F)cc1Br)C1CNC1. The molecule has 1 amide bonds. The van der Waals surface area contributed by atoms with Crippen molar-refractivity contribution in [2.45, 2.75) is 13.5 Å². The Morgan fingerprint density at radius 1 is 1.61 bits per heavy atom. The number of hydrogen-bond acceptors (Lipinski definition) is 2. The largest absolute Gasteiger partial charge is 0.352 e. The average molecular weight is 315 g/mol. The summed E-state index contributed by atoms with van der Waals surface area (Å²) in [6.45, 7) is 4.19. The average Bonchev–Trinajstić information content (AvgIpc) is 2.25. The second-order valence-electron chi connectivity index (χ2n) is 4.66. The van der Waals surface area contributed by atoms with Gasteiger partial charge in [0.15, 0.2) is 0 Å². The van der Waals surface area contributed by atoms with E-state index in [1.54, 1.807) is 6.07 Å². The highest BCUT2D eigenvalue weighted by molar-refractivity contribution is 9.10. The number of benzene rings is 1. The number of hydrogen-bond donors (Lipinski definition) is 2. The molecular formula is C13H16BrFN2O. The Morgan fingerprint density at radius 3 is 2.89 bits per heavy atom. The van der Waals surface area contributed by atoms with Crippen molar-refractivity contribution in [3.8, 4) is 0 Å². The molecule has 1 aromatic rings. The van der Waals surface area contributed by atoms with Gasteiger partial charge in [0.2, 0.25) is 5.91 Å². The van der Waals surface area contributed by atoms with Gasteiger partial charge in [0.05, 0.1) is 0 Å². The van der Waals surface area contributed by atoms with Crippen molar-refractivity contribution in [3.63, 3.8) is 0 Å². The molecule has 1 atom stereocenters. The molecule has 1 aliphatic rings. The Bertz CT molecular complexity index is 449. The van der Waals surface area contributed by atoms with Crippen molar-refractivity contribution >= 4 is 21.8 Å². The van der Waals surface area contributed by atoms with Crippen LogP contribution in [0.2, 0.25) is 0 Å². The van der Waals surface area contributed by atoms with E-state index >= 15 is 0 Å². The first-order valence-corrected chi connectivity index (χ1v) is 6.79. The third-order valence-corrected chi connectivity index (χ3v) is 4.14. The third-order valence-electron chi connectivity index (χ3n) is 3.40. The summed E-state index contributed by atoms with van der Waals surface area (Å²) >= 11 is 3.29. The van der Waals surface area contributed by atoms with Gasteiger partial charge in [-0.15, -0.1) is 0 Å². The zero-order valence-corrected chi connectivity index (χ0v) is 11.8. The topological polar surface area (TPSA) is 41.1 Å². The molecule has 0 bridgehead atoms. The van der Waals surface area contributed by atoms with Gasteiger partial charge in [0, 0.05) is 16.9 Å². The number of amides is 1. The van der Waals surface area contributed by atoms with Crippen LogP contribution in [0.4, 0.5) is 4.39 Å². The molecule has 5 heteroatoms. The minimum Gasteiger partial charge on any atom is -0.352 e. The van der Waals surface area contributed by atoms with E-state index in [0.717, 1.165) is 18.7 Å². The van der Waals surface area contributed by atoms with Gasteiger partial charge in [-0.1, -0.05) is 28.9 Å². The summed E-state index contributed by atoms with van der Waals surface area (Å²) in [5, 5.41) is 6.05. The zero-order chi connectivity index (χ0) is 13.1. The molecule has 1 aliphatic heterocycles. The number of halogens is 2. The van der Waals surface area contributed by atoms with E-state index in [9.17, 15) is 9.18 Å². The van der Waals surface area contributed by atoms with Crippen molar-refractivity contribution in [2.24, 2.45) is 11.8 Å². The maximum atomic E-state index is 12.9. The van der Waals surface area contributed by atoms with Gasteiger partial charge in [-0.05, 0) is 36.7 Å². The van der Waals surface area contributed by atoms with Crippen molar-refractivity contribution in [1.29, 1.82) is 0 Å². The van der Waals surface area contributed by atoms with Crippen LogP contribution in [0, 0.1) is 17.7 Å². The Kier molecular flexibility index (Phi) is 4.35. The zero-order valence-electron chi connectivity index (χ0n) is 10.2. The molecule has 1 heterocycles. The fraction of sp³-hybridized carbons (Fsp3) is 0.462. The predicted molar refractivity (Wildman–Crippen MR) is 71.5 cm³/mol. The lowest BCUT2D eigenvalue weighted by Crippen LogP contribution is -2.49. The summed E-state index contributed by atoms with van der Waals surface area (Å²) in [5.41, 5.74) is 0.878. The highest BCUT2D eigenvalue weighted by Crippen LogP contribution is 2.19. The second-order valence-corrected chi connectivity index (χ2v) is 5.51. The quantitative estimate of drug-likeness (QED) is 0.893. The number of carbonyl (C=O) groups is 1. The van der Waals surface area contributed by atoms with Gasteiger partial charge in [0.1, 0.15) is 5.82 Å². The minimum absolute atomic E-state index is 0.0190. The van der Waals surface area contributed by atoms with E-state index in [2.05, 4.69) is 26.6 Å². The lowest BCUT2D eigenvalue weighted by Gasteiger charge is -2.31. The molecule has 1 fully saturated rings. The molecule has 0 aromatic heterocycles. The molecule has 2 N–H and O–H groups in total. The maximum Gasteiger partial charge on any atom is 0.223 e. The van der Waals surface area contributed by atoms with Crippen molar-refractivity contribution in [2.75, 3.05) is 13.1 Å². The predicted octanol–water partition coefficient (Wildman–Crippen LogP) is 2.06. The lowest BCUT2D eigenvalue weighted by molar-refractivity contribution is -0.126. The van der Waals surface area contributed by atoms with Crippen molar-refractivity contribution in [1.82, 2.24) is 10.6 Å². The van der Waals surface area contributed by atoms with Crippen LogP contribution in [0.5, 0.6) is 0 Å². The smallest absolute Gasteiger partial charge is 0.223 e. The molecule has 18 heavy (non-hydrogen) atoms. The lowest BCUT2D eigenvalue weighted by atomic mass is 9.88. The molecule has 2 rings (SSSR count). The van der Waals surface area contributed by atoms with Crippen LogP contribution in [0.25, 0.3) is 0 Å². The Labute approximate surface area is 114 Å². The van der Waals surface area contributed by atoms with E-state index in [0.29, 0.717) is 16.9 Å². The Balaban J connectivity index is 1.88. The van der Waals surface area contributed by atoms with Crippen LogP contribution in [0.3, 0.4) is 0 Å². The van der Waals surface area contributed by atoms with E-state index in [1.807, 2.05) is 6.92 Å². The summed E-state index contributed by atoms with van der Waals surface area (Å²) in [6.07, 6.45) is 0. The molecule has 1 saturated heterocycles. The highest BCUT2D eigenvalue weighted by Gasteiger charge is 2.28. The Hall–Kier alpha value is -0.940. The fourth-order valence-corrected chi connectivity index (χ4v) is 2.38. The molecule has 1 unspecified atom stereocenters. The first kappa shape index (κ1) is 13.5. The molecule has 0 spiro atoms. The van der Waals surface area contributed by atoms with Crippen molar-refractivity contribution < 1.29 is 9.18 Å². The van der Waals surface area contributed by atoms with Gasteiger partial charge in [0.25, 0.3) is 0 Å². The third kappa shape index (κ3) is 3.09. The highest BCUT2D eigenvalue weighted by atomic mass is 79.9. The molecule has 1 aromatic carbocycles. The van der Waals surface area contributed by atoms with Crippen LogP contribution in [-0.4, -0.2) is 19.0 Å². The van der Waals surface area contributed by atoms with E-state index < -0.39 is 0 Å². The molecule has 98 valence electrons. The van der Waals surface area contributed by atoms with Crippen LogP contribution in [0.15, 0.2) is 22.7 Å². The number of nitrogens with one attached hydrogen (secondary N) is 2. The summed E-state index contributed by atoms with van der Waals surface area (Å²) in [5.74, 6) is 0.218. The Morgan fingerprint density at radius 2 is 2.33 bits per heavy atom. The van der Waals surface area contributed by atoms with Crippen LogP contribution in [0.1, 0.15) is 12.5 Å². The fourth-order valence-electron chi connectivity index (χ4n) is 1.89. The maximum absolute atomic E-state index is 12.9. The van der Waals surface area contributed by atoms with Gasteiger partial charge in [-0.3, -0.25) is 4.79 Å². The van der Waals surface area contributed by atoms with Crippen LogP contribution in [-0.2, 0) is 11.3 Å². The van der Waals surface area contributed by atoms with Gasteiger partial charge < -0.3 is 10.6 Å². The van der Waals surface area contributed by atoms with Gasteiger partial charge in [-0.25, -0.2) is 4.39 Å². The van der Waals surface area contributed by atoms with E-state index in [-0.39, 0.29) is 17.6 Å². The monoisotopic (exact) mass is 314 g/mol. The summed E-state index contributed by atoms with van der Waals surface area (Å²) in [7, 11) is 0. The summed E-state index contributed by atoms with van der Waals surface area (Å²) in [4.78, 5) is 11.9. The van der Waals surface area contributed by atoms with Crippen LogP contribution >= 0.6 is 15.9 Å². The minimum atomic E-state index is -0.286. The molecule has 0 aliphatic carbocycles. The molecule has 0 saturated carbocycles. The standard InChI is InChI=1S/C13H16BrFN2O/c1-8(10-5-16-6-10)13(18)17-7-9-2-3-11(15)4-12(9)14/h2-4,8,10,16H,5-7H2,1H3,(H,17,18). The first-order valence-electron chi connectivity index (χ1n) is 6.00. The second kappa shape index (κ2) is 5.80. The summed E-state index contributed by atoms with van der Waals surface area (Å²) in [6, 6.07) is 4.47. The van der Waals surface area contributed by atoms with Gasteiger partial charge >= 0.3 is 0 Å². The summed E-state index contributed by atoms with van der Waals surface area (Å²) < 4.78 is 13.6. The molecule has 0 radical (unpaired) electrons. The molecule has 3 nitrogen and oxygen atoms in total.